The number of carbonyl (C=O) groups excluding carboxylic acids is 2. The van der Waals surface area contributed by atoms with Crippen LogP contribution in [-0.2, 0) is 20.8 Å². The number of nitrogens with one attached hydrogen (secondary N) is 1. The van der Waals surface area contributed by atoms with Gasteiger partial charge in [0, 0.05) is 6.61 Å². The molecule has 0 atom stereocenters. The first-order valence-corrected chi connectivity index (χ1v) is 10.4. The molecule has 0 bridgehead atoms. The highest BCUT2D eigenvalue weighted by Gasteiger charge is 2.21. The largest absolute Gasteiger partial charge is 0.495 e. The van der Waals surface area contributed by atoms with Gasteiger partial charge in [0.05, 0.1) is 36.0 Å². The zero-order valence-corrected chi connectivity index (χ0v) is 18.3. The van der Waals surface area contributed by atoms with Crippen molar-refractivity contribution in [2.24, 2.45) is 0 Å². The van der Waals surface area contributed by atoms with Crippen molar-refractivity contribution < 1.29 is 23.8 Å². The Bertz CT molecular complexity index is 1150. The summed E-state index contributed by atoms with van der Waals surface area (Å²) in [4.78, 5) is 42.8. The van der Waals surface area contributed by atoms with Crippen molar-refractivity contribution in [3.05, 3.63) is 51.4 Å². The highest BCUT2D eigenvalue weighted by molar-refractivity contribution is 7.20. The summed E-state index contributed by atoms with van der Waals surface area (Å²) in [5, 5.41) is 3.11. The predicted octanol–water partition coefficient (Wildman–Crippen LogP) is 2.61. The highest BCUT2D eigenvalue weighted by Crippen LogP contribution is 2.29. The van der Waals surface area contributed by atoms with Crippen LogP contribution in [0.3, 0.4) is 0 Å². The maximum Gasteiger partial charge on any atom is 0.326 e. The Labute approximate surface area is 182 Å². The Hall–Kier alpha value is -3.24. The lowest BCUT2D eigenvalue weighted by molar-refractivity contribution is -0.145. The van der Waals surface area contributed by atoms with Crippen molar-refractivity contribution >= 4 is 39.1 Å². The fourth-order valence-electron chi connectivity index (χ4n) is 2.96. The van der Waals surface area contributed by atoms with E-state index in [2.05, 4.69) is 10.3 Å². The molecule has 0 aliphatic rings. The van der Waals surface area contributed by atoms with Crippen molar-refractivity contribution in [2.75, 3.05) is 32.2 Å². The van der Waals surface area contributed by atoms with E-state index in [1.807, 2.05) is 6.92 Å². The molecule has 0 saturated heterocycles. The highest BCUT2D eigenvalue weighted by atomic mass is 32.1. The fraction of sp³-hybridized carbons (Fsp3) is 0.333. The van der Waals surface area contributed by atoms with Crippen molar-refractivity contribution in [1.82, 2.24) is 9.55 Å². The number of hydrogen-bond donors (Lipinski definition) is 1. The third kappa shape index (κ3) is 5.09. The van der Waals surface area contributed by atoms with E-state index >= 15 is 0 Å². The zero-order chi connectivity index (χ0) is 22.4. The van der Waals surface area contributed by atoms with Crippen LogP contribution in [0.5, 0.6) is 5.75 Å². The van der Waals surface area contributed by atoms with Gasteiger partial charge in [0.2, 0.25) is 0 Å². The van der Waals surface area contributed by atoms with Crippen molar-refractivity contribution in [3.63, 3.8) is 0 Å². The molecule has 0 radical (unpaired) electrons. The van der Waals surface area contributed by atoms with E-state index in [0.717, 1.165) is 11.3 Å². The number of fused-ring (bicyclic) bond motifs is 1. The minimum absolute atomic E-state index is 0.113. The maximum absolute atomic E-state index is 12.9. The minimum atomic E-state index is -0.565. The summed E-state index contributed by atoms with van der Waals surface area (Å²) >= 11 is 1.12. The van der Waals surface area contributed by atoms with Crippen LogP contribution in [0.25, 0.3) is 10.2 Å². The molecule has 0 aliphatic carbocycles. The van der Waals surface area contributed by atoms with Crippen molar-refractivity contribution in [3.8, 4) is 5.75 Å². The molecule has 3 aromatic rings. The summed E-state index contributed by atoms with van der Waals surface area (Å²) in [7, 11) is 1.52. The maximum atomic E-state index is 12.9. The number of amides is 1. The first kappa shape index (κ1) is 22.4. The van der Waals surface area contributed by atoms with Crippen LogP contribution in [-0.4, -0.2) is 48.4 Å². The van der Waals surface area contributed by atoms with Crippen LogP contribution in [0, 0.1) is 6.92 Å². The summed E-state index contributed by atoms with van der Waals surface area (Å²) in [5.41, 5.74) is 0.618. The summed E-state index contributed by atoms with van der Waals surface area (Å²) in [5.74, 6) is -0.408. The van der Waals surface area contributed by atoms with Gasteiger partial charge in [-0.05, 0) is 31.5 Å². The number of hydrogen-bond acceptors (Lipinski definition) is 8. The number of para-hydroxylation sites is 2. The van der Waals surface area contributed by atoms with Gasteiger partial charge in [-0.2, -0.15) is 0 Å². The van der Waals surface area contributed by atoms with Crippen LogP contribution in [0.1, 0.15) is 22.2 Å². The molecule has 31 heavy (non-hydrogen) atoms. The number of methoxy groups -OCH3 is 1. The summed E-state index contributed by atoms with van der Waals surface area (Å²) in [6, 6.07) is 7.04. The Morgan fingerprint density at radius 3 is 2.74 bits per heavy atom. The number of esters is 1. The molecular weight excluding hydrogens is 422 g/mol. The van der Waals surface area contributed by atoms with Gasteiger partial charge >= 0.3 is 5.97 Å². The van der Waals surface area contributed by atoms with E-state index in [9.17, 15) is 14.4 Å². The number of carbonyl (C=O) groups is 2. The van der Waals surface area contributed by atoms with Crippen molar-refractivity contribution in [1.29, 1.82) is 0 Å². The summed E-state index contributed by atoms with van der Waals surface area (Å²) in [6.45, 7) is 4.19. The SMILES string of the molecule is CCOCCOC(=O)Cn1cnc2sc(C(=O)Nc3ccccc3OC)c(C)c2c1=O. The lowest BCUT2D eigenvalue weighted by atomic mass is 10.2. The van der Waals surface area contributed by atoms with Gasteiger partial charge in [0.15, 0.2) is 0 Å². The van der Waals surface area contributed by atoms with Crippen LogP contribution in [0.15, 0.2) is 35.4 Å². The molecular formula is C21H23N3O6S. The Kier molecular flexibility index (Phi) is 7.37. The first-order chi connectivity index (χ1) is 15.0. The Balaban J connectivity index is 1.82. The van der Waals surface area contributed by atoms with E-state index in [1.54, 1.807) is 31.2 Å². The van der Waals surface area contributed by atoms with Gasteiger partial charge < -0.3 is 19.5 Å². The first-order valence-electron chi connectivity index (χ1n) is 9.62. The molecule has 0 spiro atoms. The van der Waals surface area contributed by atoms with Gasteiger partial charge in [0.1, 0.15) is 23.7 Å². The second kappa shape index (κ2) is 10.2. The van der Waals surface area contributed by atoms with Crippen LogP contribution in [0.4, 0.5) is 5.69 Å². The van der Waals surface area contributed by atoms with Gasteiger partial charge in [-0.25, -0.2) is 4.98 Å². The predicted molar refractivity (Wildman–Crippen MR) is 117 cm³/mol. The molecule has 0 saturated carbocycles. The van der Waals surface area contributed by atoms with E-state index < -0.39 is 11.5 Å². The molecule has 0 fully saturated rings. The summed E-state index contributed by atoms with van der Waals surface area (Å²) < 4.78 is 16.6. The van der Waals surface area contributed by atoms with Gasteiger partial charge in [-0.1, -0.05) is 12.1 Å². The van der Waals surface area contributed by atoms with E-state index in [4.69, 9.17) is 14.2 Å². The third-order valence-electron chi connectivity index (χ3n) is 4.47. The monoisotopic (exact) mass is 445 g/mol. The normalized spacial score (nSPS) is 10.8. The number of anilines is 1. The van der Waals surface area contributed by atoms with Gasteiger partial charge in [0.25, 0.3) is 11.5 Å². The number of thiophene rings is 1. The van der Waals surface area contributed by atoms with Crippen LogP contribution >= 0.6 is 11.3 Å². The molecule has 0 unspecified atom stereocenters. The lowest BCUT2D eigenvalue weighted by Gasteiger charge is -2.09. The number of ether oxygens (including phenoxy) is 3. The molecule has 3 rings (SSSR count). The standard InChI is InChI=1S/C21H23N3O6S/c1-4-29-9-10-30-16(25)11-24-12-22-20-17(21(24)27)13(2)18(31-20)19(26)23-14-7-5-6-8-15(14)28-3/h5-8,12H,4,9-11H2,1-3H3,(H,23,26). The van der Waals surface area contributed by atoms with E-state index in [-0.39, 0.29) is 19.1 Å². The minimum Gasteiger partial charge on any atom is -0.495 e. The molecule has 2 aromatic heterocycles. The number of aryl methyl sites for hydroxylation is 1. The molecule has 10 heteroatoms. The fourth-order valence-corrected chi connectivity index (χ4v) is 3.99. The molecule has 0 aliphatic heterocycles. The Morgan fingerprint density at radius 1 is 1.23 bits per heavy atom. The smallest absolute Gasteiger partial charge is 0.326 e. The van der Waals surface area contributed by atoms with Crippen LogP contribution in [0.2, 0.25) is 0 Å². The molecule has 2 heterocycles. The second-order valence-electron chi connectivity index (χ2n) is 6.49. The van der Waals surface area contributed by atoms with Crippen molar-refractivity contribution in [2.45, 2.75) is 20.4 Å². The quantitative estimate of drug-likeness (QED) is 0.398. The number of benzene rings is 1. The average molecular weight is 445 g/mol. The second-order valence-corrected chi connectivity index (χ2v) is 7.48. The number of nitrogens with zero attached hydrogens (tertiary/aromatic N) is 2. The Morgan fingerprint density at radius 2 is 2.00 bits per heavy atom. The zero-order valence-electron chi connectivity index (χ0n) is 17.5. The summed E-state index contributed by atoms with van der Waals surface area (Å²) in [6.07, 6.45) is 1.28. The van der Waals surface area contributed by atoms with E-state index in [0.29, 0.717) is 45.3 Å². The molecule has 1 aromatic carbocycles. The van der Waals surface area contributed by atoms with Crippen LogP contribution < -0.4 is 15.6 Å². The molecule has 1 N–H and O–H groups in total. The number of aromatic nitrogens is 2. The molecule has 1 amide bonds. The van der Waals surface area contributed by atoms with E-state index in [1.165, 1.54) is 18.0 Å². The lowest BCUT2D eigenvalue weighted by Crippen LogP contribution is -2.26. The van der Waals surface area contributed by atoms with Gasteiger partial charge in [-0.15, -0.1) is 11.3 Å². The number of rotatable bonds is 9. The molecule has 164 valence electrons. The average Bonchev–Trinajstić information content (AvgIpc) is 3.11. The molecule has 9 nitrogen and oxygen atoms in total. The third-order valence-corrected chi connectivity index (χ3v) is 5.67. The topological polar surface area (TPSA) is 109 Å². The van der Waals surface area contributed by atoms with Gasteiger partial charge in [-0.3, -0.25) is 19.0 Å².